The Morgan fingerprint density at radius 2 is 2.00 bits per heavy atom. The zero-order valence-corrected chi connectivity index (χ0v) is 9.37. The van der Waals surface area contributed by atoms with Gasteiger partial charge in [0.25, 0.3) is 0 Å². The van der Waals surface area contributed by atoms with Crippen molar-refractivity contribution in [1.29, 1.82) is 0 Å². The lowest BCUT2D eigenvalue weighted by Crippen LogP contribution is -2.17. The Bertz CT molecular complexity index is 493. The van der Waals surface area contributed by atoms with Gasteiger partial charge in [0.05, 0.1) is 16.2 Å². The first kappa shape index (κ1) is 12.6. The van der Waals surface area contributed by atoms with Crippen LogP contribution in [0.4, 0.5) is 4.39 Å². The van der Waals surface area contributed by atoms with Crippen LogP contribution in [0.1, 0.15) is 17.3 Å². The summed E-state index contributed by atoms with van der Waals surface area (Å²) in [5.41, 5.74) is -0.330. The molecule has 0 radical (unpaired) electrons. The molecule has 0 bridgehead atoms. The first-order valence-corrected chi connectivity index (χ1v) is 6.19. The predicted molar refractivity (Wildman–Crippen MR) is 56.0 cm³/mol. The summed E-state index contributed by atoms with van der Waals surface area (Å²) in [7, 11) is -3.89. The molecule has 1 atom stereocenters. The third kappa shape index (κ3) is 2.79. The molecule has 6 heteroatoms. The lowest BCUT2D eigenvalue weighted by Gasteiger charge is -2.07. The minimum atomic E-state index is -3.89. The fraction of sp³-hybridized carbons (Fsp3) is 0.300. The number of hydrogen-bond donors (Lipinski definition) is 1. The van der Waals surface area contributed by atoms with E-state index in [4.69, 9.17) is 5.11 Å². The van der Waals surface area contributed by atoms with E-state index >= 15 is 0 Å². The maximum atomic E-state index is 12.7. The number of carbonyl (C=O) groups is 1. The van der Waals surface area contributed by atoms with Crippen LogP contribution in [0.25, 0.3) is 0 Å². The predicted octanol–water partition coefficient (Wildman–Crippen LogP) is 1.52. The molecular weight excluding hydrogens is 235 g/mol. The smallest absolute Gasteiger partial charge is 0.337 e. The lowest BCUT2D eigenvalue weighted by atomic mass is 10.2. The molecule has 1 N–H and O–H groups in total. The molecule has 0 aliphatic rings. The highest BCUT2D eigenvalue weighted by atomic mass is 32.2. The Kier molecular flexibility index (Phi) is 3.64. The van der Waals surface area contributed by atoms with Crippen LogP contribution in [0.15, 0.2) is 29.2 Å². The van der Waals surface area contributed by atoms with Crippen molar-refractivity contribution in [2.24, 2.45) is 0 Å². The summed E-state index contributed by atoms with van der Waals surface area (Å²) < 4.78 is 36.0. The van der Waals surface area contributed by atoms with Crippen molar-refractivity contribution in [3.63, 3.8) is 0 Å². The van der Waals surface area contributed by atoms with Gasteiger partial charge < -0.3 is 5.11 Å². The lowest BCUT2D eigenvalue weighted by molar-refractivity contribution is 0.0692. The Labute approximate surface area is 92.6 Å². The van der Waals surface area contributed by atoms with Gasteiger partial charge in [0, 0.05) is 0 Å². The van der Waals surface area contributed by atoms with Crippen molar-refractivity contribution in [3.05, 3.63) is 29.8 Å². The standard InChI is InChI=1S/C10H11FO4S/c1-7(11)6-16(14,15)9-5-3-2-4-8(9)10(12)13/h2-5,7H,6H2,1H3,(H,12,13). The topological polar surface area (TPSA) is 71.4 Å². The summed E-state index contributed by atoms with van der Waals surface area (Å²) in [5.74, 6) is -2.05. The molecule has 0 spiro atoms. The van der Waals surface area contributed by atoms with Gasteiger partial charge in [0.15, 0.2) is 9.84 Å². The highest BCUT2D eigenvalue weighted by Crippen LogP contribution is 2.18. The van der Waals surface area contributed by atoms with Gasteiger partial charge in [-0.1, -0.05) is 12.1 Å². The number of sulfone groups is 1. The number of hydrogen-bond acceptors (Lipinski definition) is 3. The van der Waals surface area contributed by atoms with E-state index in [0.717, 1.165) is 6.92 Å². The van der Waals surface area contributed by atoms with Gasteiger partial charge in [-0.05, 0) is 19.1 Å². The molecule has 88 valence electrons. The van der Waals surface area contributed by atoms with Crippen LogP contribution >= 0.6 is 0 Å². The number of halogens is 1. The number of carboxylic acid groups (broad SMARTS) is 1. The molecular formula is C10H11FO4S. The highest BCUT2D eigenvalue weighted by molar-refractivity contribution is 7.91. The molecule has 0 aromatic heterocycles. The van der Waals surface area contributed by atoms with Crippen LogP contribution in [-0.2, 0) is 9.84 Å². The van der Waals surface area contributed by atoms with E-state index in [-0.39, 0.29) is 10.5 Å². The van der Waals surface area contributed by atoms with Crippen molar-refractivity contribution in [3.8, 4) is 0 Å². The van der Waals surface area contributed by atoms with E-state index in [2.05, 4.69) is 0 Å². The van der Waals surface area contributed by atoms with Crippen LogP contribution in [0.3, 0.4) is 0 Å². The second kappa shape index (κ2) is 4.61. The third-order valence-electron chi connectivity index (χ3n) is 1.90. The van der Waals surface area contributed by atoms with E-state index in [1.54, 1.807) is 0 Å². The van der Waals surface area contributed by atoms with Crippen molar-refractivity contribution >= 4 is 15.8 Å². The summed E-state index contributed by atoms with van der Waals surface area (Å²) in [5, 5.41) is 8.80. The van der Waals surface area contributed by atoms with Crippen molar-refractivity contribution < 1.29 is 22.7 Å². The number of carboxylic acids is 1. The molecule has 0 aliphatic heterocycles. The van der Waals surface area contributed by atoms with Gasteiger partial charge in [0.1, 0.15) is 6.17 Å². The molecule has 1 aromatic rings. The second-order valence-electron chi connectivity index (χ2n) is 3.36. The van der Waals surface area contributed by atoms with Crippen LogP contribution < -0.4 is 0 Å². The molecule has 1 rings (SSSR count). The minimum absolute atomic E-state index is 0.330. The monoisotopic (exact) mass is 246 g/mol. The summed E-state index contributed by atoms with van der Waals surface area (Å²) in [4.78, 5) is 10.5. The van der Waals surface area contributed by atoms with Crippen LogP contribution in [0.2, 0.25) is 0 Å². The zero-order chi connectivity index (χ0) is 12.3. The normalized spacial score (nSPS) is 13.4. The largest absolute Gasteiger partial charge is 0.478 e. The summed E-state index contributed by atoms with van der Waals surface area (Å²) in [6.07, 6.45) is -1.54. The molecule has 0 saturated carbocycles. The summed E-state index contributed by atoms with van der Waals surface area (Å²) >= 11 is 0. The molecule has 1 aromatic carbocycles. The first-order valence-electron chi connectivity index (χ1n) is 4.54. The number of rotatable bonds is 4. The van der Waals surface area contributed by atoms with Gasteiger partial charge in [-0.25, -0.2) is 17.6 Å². The van der Waals surface area contributed by atoms with E-state index < -0.39 is 27.7 Å². The summed E-state index contributed by atoms with van der Waals surface area (Å²) in [6.45, 7) is 1.11. The SMILES string of the molecule is CC(F)CS(=O)(=O)c1ccccc1C(=O)O. The number of aromatic carboxylic acids is 1. The van der Waals surface area contributed by atoms with Crippen LogP contribution in [0, 0.1) is 0 Å². The molecule has 0 saturated heterocycles. The van der Waals surface area contributed by atoms with Gasteiger partial charge >= 0.3 is 5.97 Å². The van der Waals surface area contributed by atoms with Crippen molar-refractivity contribution in [2.75, 3.05) is 5.75 Å². The van der Waals surface area contributed by atoms with Gasteiger partial charge in [-0.3, -0.25) is 0 Å². The van der Waals surface area contributed by atoms with E-state index in [9.17, 15) is 17.6 Å². The van der Waals surface area contributed by atoms with Gasteiger partial charge in [0.2, 0.25) is 0 Å². The van der Waals surface area contributed by atoms with Crippen LogP contribution in [0.5, 0.6) is 0 Å². The highest BCUT2D eigenvalue weighted by Gasteiger charge is 2.23. The second-order valence-corrected chi connectivity index (χ2v) is 5.37. The van der Waals surface area contributed by atoms with E-state index in [1.165, 1.54) is 24.3 Å². The fourth-order valence-corrected chi connectivity index (χ4v) is 2.87. The molecule has 0 fully saturated rings. The van der Waals surface area contributed by atoms with Crippen molar-refractivity contribution in [1.82, 2.24) is 0 Å². The molecule has 4 nitrogen and oxygen atoms in total. The third-order valence-corrected chi connectivity index (χ3v) is 3.83. The quantitative estimate of drug-likeness (QED) is 0.874. The molecule has 1 unspecified atom stereocenters. The average Bonchev–Trinajstić information content (AvgIpc) is 2.15. The van der Waals surface area contributed by atoms with Crippen LogP contribution in [-0.4, -0.2) is 31.4 Å². The molecule has 0 aliphatic carbocycles. The Morgan fingerprint density at radius 1 is 1.44 bits per heavy atom. The number of alkyl halides is 1. The maximum Gasteiger partial charge on any atom is 0.337 e. The Hall–Kier alpha value is -1.43. The first-order chi connectivity index (χ1) is 7.34. The maximum absolute atomic E-state index is 12.7. The summed E-state index contributed by atoms with van der Waals surface area (Å²) in [6, 6.07) is 5.17. The van der Waals surface area contributed by atoms with E-state index in [1.807, 2.05) is 0 Å². The van der Waals surface area contributed by atoms with Crippen molar-refractivity contribution in [2.45, 2.75) is 18.0 Å². The fourth-order valence-electron chi connectivity index (χ4n) is 1.31. The Balaban J connectivity index is 3.28. The molecule has 0 heterocycles. The molecule has 16 heavy (non-hydrogen) atoms. The van der Waals surface area contributed by atoms with E-state index in [0.29, 0.717) is 0 Å². The van der Waals surface area contributed by atoms with Gasteiger partial charge in [-0.2, -0.15) is 0 Å². The number of benzene rings is 1. The van der Waals surface area contributed by atoms with Gasteiger partial charge in [-0.15, -0.1) is 0 Å². The molecule has 0 amide bonds. The zero-order valence-electron chi connectivity index (χ0n) is 8.55. The average molecular weight is 246 g/mol. The Morgan fingerprint density at radius 3 is 2.50 bits per heavy atom. The minimum Gasteiger partial charge on any atom is -0.478 e.